The van der Waals surface area contributed by atoms with Gasteiger partial charge in [0.25, 0.3) is 0 Å². The Morgan fingerprint density at radius 1 is 1.35 bits per heavy atom. The Labute approximate surface area is 104 Å². The van der Waals surface area contributed by atoms with Crippen molar-refractivity contribution >= 4 is 5.91 Å². The van der Waals surface area contributed by atoms with E-state index in [1.165, 1.54) is 25.7 Å². The summed E-state index contributed by atoms with van der Waals surface area (Å²) in [5.41, 5.74) is 0. The highest BCUT2D eigenvalue weighted by Crippen LogP contribution is 2.48. The SMILES string of the molecule is CCC1NC(C)C(=O)N1CC1CC2CCC1C2. The molecule has 0 spiro atoms. The first-order chi connectivity index (χ1) is 8.19. The minimum absolute atomic E-state index is 0.0264. The second-order valence-electron chi connectivity index (χ2n) is 6.24. The van der Waals surface area contributed by atoms with Crippen LogP contribution in [0.5, 0.6) is 0 Å². The lowest BCUT2D eigenvalue weighted by molar-refractivity contribution is -0.130. The number of carbonyl (C=O) groups is 1. The van der Waals surface area contributed by atoms with Crippen LogP contribution < -0.4 is 5.32 Å². The number of fused-ring (bicyclic) bond motifs is 2. The molecule has 0 aromatic carbocycles. The Bertz CT molecular complexity index is 317. The van der Waals surface area contributed by atoms with Crippen LogP contribution in [0.4, 0.5) is 0 Å². The van der Waals surface area contributed by atoms with Gasteiger partial charge in [-0.3, -0.25) is 10.1 Å². The monoisotopic (exact) mass is 236 g/mol. The van der Waals surface area contributed by atoms with Crippen molar-refractivity contribution < 1.29 is 4.79 Å². The van der Waals surface area contributed by atoms with E-state index < -0.39 is 0 Å². The Kier molecular flexibility index (Phi) is 2.89. The molecule has 3 heteroatoms. The predicted octanol–water partition coefficient (Wildman–Crippen LogP) is 1.98. The van der Waals surface area contributed by atoms with E-state index in [0.717, 1.165) is 30.7 Å². The molecule has 3 rings (SSSR count). The summed E-state index contributed by atoms with van der Waals surface area (Å²) in [5, 5.41) is 3.40. The number of hydrogen-bond acceptors (Lipinski definition) is 2. The quantitative estimate of drug-likeness (QED) is 0.812. The maximum Gasteiger partial charge on any atom is 0.240 e. The van der Waals surface area contributed by atoms with Crippen LogP contribution in [0.3, 0.4) is 0 Å². The van der Waals surface area contributed by atoms with Gasteiger partial charge in [-0.2, -0.15) is 0 Å². The molecule has 17 heavy (non-hydrogen) atoms. The van der Waals surface area contributed by atoms with E-state index in [4.69, 9.17) is 0 Å². The third-order valence-corrected chi connectivity index (χ3v) is 5.17. The lowest BCUT2D eigenvalue weighted by Gasteiger charge is -2.30. The highest BCUT2D eigenvalue weighted by molar-refractivity contribution is 5.83. The molecule has 1 amide bonds. The second kappa shape index (κ2) is 4.27. The summed E-state index contributed by atoms with van der Waals surface area (Å²) in [6, 6.07) is 0.0264. The largest absolute Gasteiger partial charge is 0.326 e. The molecule has 96 valence electrons. The predicted molar refractivity (Wildman–Crippen MR) is 67.3 cm³/mol. The highest BCUT2D eigenvalue weighted by Gasteiger charge is 2.43. The Balaban J connectivity index is 1.65. The molecule has 5 atom stereocenters. The fourth-order valence-corrected chi connectivity index (χ4v) is 4.26. The summed E-state index contributed by atoms with van der Waals surface area (Å²) < 4.78 is 0. The van der Waals surface area contributed by atoms with Gasteiger partial charge in [0.15, 0.2) is 0 Å². The summed E-state index contributed by atoms with van der Waals surface area (Å²) in [6.07, 6.45) is 6.98. The number of nitrogens with one attached hydrogen (secondary N) is 1. The lowest BCUT2D eigenvalue weighted by Crippen LogP contribution is -2.41. The van der Waals surface area contributed by atoms with Crippen LogP contribution in [-0.4, -0.2) is 29.6 Å². The summed E-state index contributed by atoms with van der Waals surface area (Å²) in [7, 11) is 0. The number of amides is 1. The number of carbonyl (C=O) groups excluding carboxylic acids is 1. The standard InChI is InChI=1S/C14H24N2O/c1-3-13-15-9(2)14(17)16(13)8-12-7-10-4-5-11(12)6-10/h9-13,15H,3-8H2,1-2H3. The van der Waals surface area contributed by atoms with Gasteiger partial charge < -0.3 is 4.90 Å². The molecule has 1 aliphatic heterocycles. The molecule has 1 saturated heterocycles. The van der Waals surface area contributed by atoms with Crippen LogP contribution >= 0.6 is 0 Å². The van der Waals surface area contributed by atoms with E-state index in [0.29, 0.717) is 5.91 Å². The molecule has 2 aliphatic carbocycles. The summed E-state index contributed by atoms with van der Waals surface area (Å²) in [5.74, 6) is 3.01. The van der Waals surface area contributed by atoms with Gasteiger partial charge in [0.05, 0.1) is 12.2 Å². The van der Waals surface area contributed by atoms with Gasteiger partial charge >= 0.3 is 0 Å². The molecule has 0 radical (unpaired) electrons. The van der Waals surface area contributed by atoms with Gasteiger partial charge in [0, 0.05) is 6.54 Å². The maximum atomic E-state index is 12.1. The van der Waals surface area contributed by atoms with Crippen molar-refractivity contribution in [2.24, 2.45) is 17.8 Å². The van der Waals surface area contributed by atoms with Crippen LogP contribution in [0.25, 0.3) is 0 Å². The van der Waals surface area contributed by atoms with E-state index >= 15 is 0 Å². The van der Waals surface area contributed by atoms with E-state index in [1.807, 2.05) is 6.92 Å². The second-order valence-corrected chi connectivity index (χ2v) is 6.24. The Morgan fingerprint density at radius 3 is 2.76 bits per heavy atom. The molecule has 1 heterocycles. The smallest absolute Gasteiger partial charge is 0.240 e. The Morgan fingerprint density at radius 2 is 2.18 bits per heavy atom. The molecule has 3 nitrogen and oxygen atoms in total. The maximum absolute atomic E-state index is 12.1. The minimum Gasteiger partial charge on any atom is -0.326 e. The van der Waals surface area contributed by atoms with Crippen LogP contribution in [0, 0.1) is 17.8 Å². The van der Waals surface area contributed by atoms with Crippen molar-refractivity contribution in [3.8, 4) is 0 Å². The topological polar surface area (TPSA) is 32.3 Å². The third kappa shape index (κ3) is 1.88. The first kappa shape index (κ1) is 11.5. The van der Waals surface area contributed by atoms with Crippen LogP contribution in [0.15, 0.2) is 0 Å². The number of rotatable bonds is 3. The first-order valence-electron chi connectivity index (χ1n) is 7.25. The zero-order valence-electron chi connectivity index (χ0n) is 11.0. The number of nitrogens with zero attached hydrogens (tertiary/aromatic N) is 1. The van der Waals surface area contributed by atoms with E-state index in [9.17, 15) is 4.79 Å². The summed E-state index contributed by atoms with van der Waals surface area (Å²) >= 11 is 0. The molecule has 2 saturated carbocycles. The summed E-state index contributed by atoms with van der Waals surface area (Å²) in [6.45, 7) is 5.17. The molecular weight excluding hydrogens is 212 g/mol. The molecule has 2 bridgehead atoms. The molecule has 1 N–H and O–H groups in total. The lowest BCUT2D eigenvalue weighted by atomic mass is 9.88. The van der Waals surface area contributed by atoms with Gasteiger partial charge in [0.2, 0.25) is 5.91 Å². The van der Waals surface area contributed by atoms with Crippen LogP contribution in [0.2, 0.25) is 0 Å². The first-order valence-corrected chi connectivity index (χ1v) is 7.25. The summed E-state index contributed by atoms with van der Waals surface area (Å²) in [4.78, 5) is 14.3. The molecule has 0 aromatic rings. The van der Waals surface area contributed by atoms with E-state index in [2.05, 4.69) is 17.1 Å². The molecule has 0 aromatic heterocycles. The van der Waals surface area contributed by atoms with Gasteiger partial charge in [-0.15, -0.1) is 0 Å². The van der Waals surface area contributed by atoms with Crippen molar-refractivity contribution in [2.75, 3.05) is 6.54 Å². The van der Waals surface area contributed by atoms with Crippen LogP contribution in [0.1, 0.15) is 46.0 Å². The molecule has 3 fully saturated rings. The van der Waals surface area contributed by atoms with E-state index in [-0.39, 0.29) is 12.2 Å². The van der Waals surface area contributed by atoms with Gasteiger partial charge in [-0.05, 0) is 50.4 Å². The third-order valence-electron chi connectivity index (χ3n) is 5.17. The van der Waals surface area contributed by atoms with Crippen molar-refractivity contribution in [2.45, 2.75) is 58.2 Å². The fraction of sp³-hybridized carbons (Fsp3) is 0.929. The number of hydrogen-bond donors (Lipinski definition) is 1. The van der Waals surface area contributed by atoms with Gasteiger partial charge in [0.1, 0.15) is 0 Å². The van der Waals surface area contributed by atoms with Gasteiger partial charge in [-0.25, -0.2) is 0 Å². The minimum atomic E-state index is 0.0264. The molecule has 3 aliphatic rings. The normalized spacial score (nSPS) is 44.9. The average molecular weight is 236 g/mol. The van der Waals surface area contributed by atoms with Crippen molar-refractivity contribution in [3.63, 3.8) is 0 Å². The molecule has 5 unspecified atom stereocenters. The van der Waals surface area contributed by atoms with Crippen molar-refractivity contribution in [1.29, 1.82) is 0 Å². The van der Waals surface area contributed by atoms with E-state index in [1.54, 1.807) is 0 Å². The Hall–Kier alpha value is -0.570. The van der Waals surface area contributed by atoms with Crippen LogP contribution in [-0.2, 0) is 4.79 Å². The van der Waals surface area contributed by atoms with Crippen molar-refractivity contribution in [3.05, 3.63) is 0 Å². The average Bonchev–Trinajstić information content (AvgIpc) is 2.99. The zero-order chi connectivity index (χ0) is 12.0. The van der Waals surface area contributed by atoms with Gasteiger partial charge in [-0.1, -0.05) is 13.3 Å². The van der Waals surface area contributed by atoms with Crippen molar-refractivity contribution in [1.82, 2.24) is 10.2 Å². The molecular formula is C14H24N2O. The fourth-order valence-electron chi connectivity index (χ4n) is 4.26. The zero-order valence-corrected chi connectivity index (χ0v) is 11.0. The highest BCUT2D eigenvalue weighted by atomic mass is 16.2.